The van der Waals surface area contributed by atoms with Gasteiger partial charge in [0.25, 0.3) is 0 Å². The molecule has 2 aromatic rings. The third kappa shape index (κ3) is 1.53. The Morgan fingerprint density at radius 2 is 2.21 bits per heavy atom. The lowest BCUT2D eigenvalue weighted by Crippen LogP contribution is -1.85. The van der Waals surface area contributed by atoms with E-state index in [0.29, 0.717) is 0 Å². The summed E-state index contributed by atoms with van der Waals surface area (Å²) in [6.45, 7) is 3.91. The van der Waals surface area contributed by atoms with Crippen molar-refractivity contribution in [2.24, 2.45) is 0 Å². The summed E-state index contributed by atoms with van der Waals surface area (Å²) in [4.78, 5) is 4.42. The van der Waals surface area contributed by atoms with E-state index in [1.807, 2.05) is 32.3 Å². The highest BCUT2D eigenvalue weighted by molar-refractivity contribution is 7.14. The molecule has 0 atom stereocenters. The van der Waals surface area contributed by atoms with Crippen LogP contribution >= 0.6 is 11.3 Å². The molecule has 1 N–H and O–H groups in total. The Kier molecular flexibility index (Phi) is 2.29. The van der Waals surface area contributed by atoms with Crippen LogP contribution in [0.2, 0.25) is 0 Å². The fourth-order valence-electron chi connectivity index (χ4n) is 1.40. The summed E-state index contributed by atoms with van der Waals surface area (Å²) in [6, 6.07) is 2.02. The maximum Gasteiger partial charge on any atom is 0.182 e. The van der Waals surface area contributed by atoms with Crippen LogP contribution in [0.1, 0.15) is 11.5 Å². The number of thiazole rings is 1. The molecule has 0 bridgehead atoms. The van der Waals surface area contributed by atoms with Crippen LogP contribution in [0.5, 0.6) is 0 Å². The second-order valence-corrected chi connectivity index (χ2v) is 3.97. The highest BCUT2D eigenvalue weighted by Crippen LogP contribution is 2.29. The number of rotatable bonds is 2. The van der Waals surface area contributed by atoms with Crippen LogP contribution in [0, 0.1) is 13.8 Å². The molecule has 0 aromatic carbocycles. The molecule has 0 aliphatic carbocycles. The van der Waals surface area contributed by atoms with E-state index in [9.17, 15) is 0 Å². The average molecular weight is 208 g/mol. The molecule has 4 heteroatoms. The van der Waals surface area contributed by atoms with Crippen LogP contribution in [0.4, 0.5) is 5.13 Å². The summed E-state index contributed by atoms with van der Waals surface area (Å²) in [6.07, 6.45) is 0. The van der Waals surface area contributed by atoms with Crippen molar-refractivity contribution in [1.29, 1.82) is 0 Å². The van der Waals surface area contributed by atoms with Gasteiger partial charge in [0.1, 0.15) is 11.5 Å². The van der Waals surface area contributed by atoms with Gasteiger partial charge in [-0.2, -0.15) is 0 Å². The van der Waals surface area contributed by atoms with E-state index in [0.717, 1.165) is 27.9 Å². The average Bonchev–Trinajstić information content (AvgIpc) is 2.71. The van der Waals surface area contributed by atoms with Gasteiger partial charge in [-0.15, -0.1) is 11.3 Å². The van der Waals surface area contributed by atoms with E-state index in [4.69, 9.17) is 4.42 Å². The number of nitrogens with one attached hydrogen (secondary N) is 1. The molecule has 0 unspecified atom stereocenters. The summed E-state index contributed by atoms with van der Waals surface area (Å²) in [5.74, 6) is 1.85. The number of aromatic nitrogens is 1. The maximum atomic E-state index is 5.46. The van der Waals surface area contributed by atoms with E-state index in [1.165, 1.54) is 0 Å². The molecule has 0 aliphatic heterocycles. The smallest absolute Gasteiger partial charge is 0.182 e. The second kappa shape index (κ2) is 3.46. The van der Waals surface area contributed by atoms with Crippen LogP contribution < -0.4 is 5.32 Å². The molecule has 0 aliphatic rings. The predicted molar refractivity (Wildman–Crippen MR) is 58.8 cm³/mol. The van der Waals surface area contributed by atoms with Gasteiger partial charge in [-0.05, 0) is 19.9 Å². The second-order valence-electron chi connectivity index (χ2n) is 3.11. The molecule has 0 fully saturated rings. The first kappa shape index (κ1) is 9.27. The van der Waals surface area contributed by atoms with Gasteiger partial charge >= 0.3 is 0 Å². The summed E-state index contributed by atoms with van der Waals surface area (Å²) in [5, 5.41) is 5.98. The van der Waals surface area contributed by atoms with Gasteiger partial charge in [0.15, 0.2) is 5.13 Å². The molecule has 3 nitrogen and oxygen atoms in total. The Bertz CT molecular complexity index is 445. The summed E-state index contributed by atoms with van der Waals surface area (Å²) in [5.41, 5.74) is 2.06. The lowest BCUT2D eigenvalue weighted by atomic mass is 10.2. The molecular formula is C10H12N2OS. The Labute approximate surface area is 86.8 Å². The Balaban J connectivity index is 2.43. The Hall–Kier alpha value is -1.29. The maximum absolute atomic E-state index is 5.46. The standard InChI is InChI=1S/C10H12N2OS/c1-6-4-8(7(2)13-6)9-5-14-10(11-3)12-9/h4-5H,1-3H3,(H,11,12). The molecule has 2 aromatic heterocycles. The lowest BCUT2D eigenvalue weighted by Gasteiger charge is -1.91. The van der Waals surface area contributed by atoms with Crippen molar-refractivity contribution in [2.45, 2.75) is 13.8 Å². The predicted octanol–water partition coefficient (Wildman–Crippen LogP) is 3.06. The quantitative estimate of drug-likeness (QED) is 0.824. The van der Waals surface area contributed by atoms with Crippen molar-refractivity contribution in [3.8, 4) is 11.3 Å². The van der Waals surface area contributed by atoms with Crippen LogP contribution in [0.15, 0.2) is 15.9 Å². The van der Waals surface area contributed by atoms with Crippen molar-refractivity contribution in [1.82, 2.24) is 4.98 Å². The molecule has 0 saturated heterocycles. The fraction of sp³-hybridized carbons (Fsp3) is 0.300. The van der Waals surface area contributed by atoms with Crippen molar-refractivity contribution in [2.75, 3.05) is 12.4 Å². The van der Waals surface area contributed by atoms with E-state index in [-0.39, 0.29) is 0 Å². The normalized spacial score (nSPS) is 10.5. The van der Waals surface area contributed by atoms with Crippen molar-refractivity contribution in [3.63, 3.8) is 0 Å². The first-order valence-electron chi connectivity index (χ1n) is 4.41. The number of furan rings is 1. The topological polar surface area (TPSA) is 38.1 Å². The minimum Gasteiger partial charge on any atom is -0.466 e. The highest BCUT2D eigenvalue weighted by atomic mass is 32.1. The van der Waals surface area contributed by atoms with E-state index < -0.39 is 0 Å². The highest BCUT2D eigenvalue weighted by Gasteiger charge is 2.10. The van der Waals surface area contributed by atoms with E-state index in [1.54, 1.807) is 11.3 Å². The van der Waals surface area contributed by atoms with Crippen LogP contribution in [0.3, 0.4) is 0 Å². The van der Waals surface area contributed by atoms with Gasteiger partial charge < -0.3 is 9.73 Å². The minimum absolute atomic E-state index is 0.926. The molecule has 0 radical (unpaired) electrons. The SMILES string of the molecule is CNc1nc(-c2cc(C)oc2C)cs1. The lowest BCUT2D eigenvalue weighted by molar-refractivity contribution is 0.505. The summed E-state index contributed by atoms with van der Waals surface area (Å²) >= 11 is 1.60. The number of anilines is 1. The number of hydrogen-bond acceptors (Lipinski definition) is 4. The molecule has 0 saturated carbocycles. The Morgan fingerprint density at radius 3 is 2.71 bits per heavy atom. The zero-order valence-corrected chi connectivity index (χ0v) is 9.23. The van der Waals surface area contributed by atoms with Crippen molar-refractivity contribution < 1.29 is 4.42 Å². The van der Waals surface area contributed by atoms with Gasteiger partial charge in [-0.1, -0.05) is 0 Å². The third-order valence-electron chi connectivity index (χ3n) is 2.03. The number of nitrogens with zero attached hydrogens (tertiary/aromatic N) is 1. The van der Waals surface area contributed by atoms with Crippen LogP contribution in [-0.2, 0) is 0 Å². The molecular weight excluding hydrogens is 196 g/mol. The molecule has 74 valence electrons. The van der Waals surface area contributed by atoms with Gasteiger partial charge in [0, 0.05) is 18.0 Å². The fourth-order valence-corrected chi connectivity index (χ4v) is 2.07. The molecule has 14 heavy (non-hydrogen) atoms. The molecule has 0 spiro atoms. The van der Waals surface area contributed by atoms with E-state index in [2.05, 4.69) is 10.3 Å². The minimum atomic E-state index is 0.926. The number of hydrogen-bond donors (Lipinski definition) is 1. The summed E-state index contributed by atoms with van der Waals surface area (Å²) in [7, 11) is 1.87. The first-order chi connectivity index (χ1) is 6.70. The third-order valence-corrected chi connectivity index (χ3v) is 2.89. The summed E-state index contributed by atoms with van der Waals surface area (Å²) < 4.78 is 5.46. The van der Waals surface area contributed by atoms with Gasteiger partial charge in [0.05, 0.1) is 5.69 Å². The zero-order valence-electron chi connectivity index (χ0n) is 8.42. The molecule has 0 amide bonds. The van der Waals surface area contributed by atoms with E-state index >= 15 is 0 Å². The monoisotopic (exact) mass is 208 g/mol. The van der Waals surface area contributed by atoms with Crippen molar-refractivity contribution >= 4 is 16.5 Å². The van der Waals surface area contributed by atoms with Crippen LogP contribution in [0.25, 0.3) is 11.3 Å². The number of aryl methyl sites for hydroxylation is 2. The van der Waals surface area contributed by atoms with Gasteiger partial charge in [-0.3, -0.25) is 0 Å². The van der Waals surface area contributed by atoms with Crippen molar-refractivity contribution in [3.05, 3.63) is 23.0 Å². The van der Waals surface area contributed by atoms with Gasteiger partial charge in [-0.25, -0.2) is 4.98 Å². The van der Waals surface area contributed by atoms with Gasteiger partial charge in [0.2, 0.25) is 0 Å². The molecule has 2 rings (SSSR count). The zero-order chi connectivity index (χ0) is 10.1. The Morgan fingerprint density at radius 1 is 1.43 bits per heavy atom. The first-order valence-corrected chi connectivity index (χ1v) is 5.29. The molecule has 2 heterocycles. The largest absolute Gasteiger partial charge is 0.466 e. The van der Waals surface area contributed by atoms with Crippen LogP contribution in [-0.4, -0.2) is 12.0 Å².